The first kappa shape index (κ1) is 13.5. The van der Waals surface area contributed by atoms with E-state index in [1.165, 1.54) is 0 Å². The summed E-state index contributed by atoms with van der Waals surface area (Å²) in [6.45, 7) is 1.98. The molecular weight excluding hydrogens is 262 g/mol. The number of para-hydroxylation sites is 1. The van der Waals surface area contributed by atoms with Crippen molar-refractivity contribution in [2.75, 3.05) is 6.26 Å². The van der Waals surface area contributed by atoms with E-state index >= 15 is 0 Å². The van der Waals surface area contributed by atoms with Crippen molar-refractivity contribution in [3.8, 4) is 5.75 Å². The minimum Gasteiger partial charge on any atom is -0.483 e. The SMILES string of the molecule is CSc1ccccc1OC(c1ccsc1)C(C)N. The summed E-state index contributed by atoms with van der Waals surface area (Å²) in [5.74, 6) is 0.901. The predicted molar refractivity (Wildman–Crippen MR) is 79.6 cm³/mol. The Morgan fingerprint density at radius 2 is 2.06 bits per heavy atom. The van der Waals surface area contributed by atoms with Crippen LogP contribution in [0.25, 0.3) is 0 Å². The molecule has 0 spiro atoms. The van der Waals surface area contributed by atoms with Gasteiger partial charge in [0.05, 0.1) is 0 Å². The van der Waals surface area contributed by atoms with Gasteiger partial charge >= 0.3 is 0 Å². The summed E-state index contributed by atoms with van der Waals surface area (Å²) in [5, 5.41) is 4.14. The van der Waals surface area contributed by atoms with Crippen LogP contribution in [0, 0.1) is 0 Å². The zero-order chi connectivity index (χ0) is 13.0. The molecule has 0 aliphatic heterocycles. The number of ether oxygens (including phenoxy) is 1. The Morgan fingerprint density at radius 3 is 2.67 bits per heavy atom. The average molecular weight is 279 g/mol. The van der Waals surface area contributed by atoms with Gasteiger partial charge in [-0.25, -0.2) is 0 Å². The Kier molecular flexibility index (Phi) is 4.69. The quantitative estimate of drug-likeness (QED) is 0.842. The molecule has 1 aromatic carbocycles. The molecule has 2 nitrogen and oxygen atoms in total. The first-order valence-corrected chi connectivity index (χ1v) is 7.96. The van der Waals surface area contributed by atoms with Gasteiger partial charge in [0.25, 0.3) is 0 Å². The minimum atomic E-state index is -0.0930. The van der Waals surface area contributed by atoms with Crippen LogP contribution in [-0.2, 0) is 0 Å². The molecule has 2 N–H and O–H groups in total. The highest BCUT2D eigenvalue weighted by molar-refractivity contribution is 7.98. The van der Waals surface area contributed by atoms with Gasteiger partial charge in [-0.1, -0.05) is 12.1 Å². The van der Waals surface area contributed by atoms with E-state index in [0.29, 0.717) is 0 Å². The van der Waals surface area contributed by atoms with Crippen molar-refractivity contribution in [1.82, 2.24) is 0 Å². The normalized spacial score (nSPS) is 14.2. The second-order valence-corrected chi connectivity index (χ2v) is 5.73. The highest BCUT2D eigenvalue weighted by Crippen LogP contribution is 2.32. The zero-order valence-electron chi connectivity index (χ0n) is 10.5. The molecule has 0 aliphatic rings. The van der Waals surface area contributed by atoms with E-state index in [1.54, 1.807) is 23.1 Å². The molecule has 1 heterocycles. The van der Waals surface area contributed by atoms with Gasteiger partial charge in [0.2, 0.25) is 0 Å². The van der Waals surface area contributed by atoms with Crippen LogP contribution in [-0.4, -0.2) is 12.3 Å². The van der Waals surface area contributed by atoms with Crippen LogP contribution in [0.2, 0.25) is 0 Å². The summed E-state index contributed by atoms with van der Waals surface area (Å²) in [4.78, 5) is 1.14. The molecule has 0 saturated heterocycles. The molecule has 96 valence electrons. The summed E-state index contributed by atoms with van der Waals surface area (Å²) >= 11 is 3.35. The third-order valence-electron chi connectivity index (χ3n) is 2.67. The van der Waals surface area contributed by atoms with Crippen molar-refractivity contribution in [3.63, 3.8) is 0 Å². The first-order valence-electron chi connectivity index (χ1n) is 5.79. The van der Waals surface area contributed by atoms with Crippen molar-refractivity contribution in [1.29, 1.82) is 0 Å². The summed E-state index contributed by atoms with van der Waals surface area (Å²) < 4.78 is 6.10. The molecule has 2 unspecified atom stereocenters. The van der Waals surface area contributed by atoms with Gasteiger partial charge in [0, 0.05) is 16.5 Å². The summed E-state index contributed by atoms with van der Waals surface area (Å²) in [5.41, 5.74) is 7.18. The molecule has 0 fully saturated rings. The number of hydrogen-bond donors (Lipinski definition) is 1. The molecule has 2 atom stereocenters. The molecule has 4 heteroatoms. The fraction of sp³-hybridized carbons (Fsp3) is 0.286. The fourth-order valence-corrected chi connectivity index (χ4v) is 2.98. The third-order valence-corrected chi connectivity index (χ3v) is 4.15. The molecule has 0 amide bonds. The van der Waals surface area contributed by atoms with E-state index in [-0.39, 0.29) is 12.1 Å². The molecule has 2 aromatic rings. The van der Waals surface area contributed by atoms with E-state index in [2.05, 4.69) is 22.9 Å². The topological polar surface area (TPSA) is 35.2 Å². The maximum Gasteiger partial charge on any atom is 0.139 e. The van der Waals surface area contributed by atoms with Gasteiger partial charge in [-0.2, -0.15) is 11.3 Å². The van der Waals surface area contributed by atoms with Crippen molar-refractivity contribution in [2.24, 2.45) is 5.73 Å². The van der Waals surface area contributed by atoms with Crippen LogP contribution in [0.15, 0.2) is 46.0 Å². The van der Waals surface area contributed by atoms with Gasteiger partial charge in [0.15, 0.2) is 0 Å². The van der Waals surface area contributed by atoms with Crippen molar-refractivity contribution in [2.45, 2.75) is 24.0 Å². The van der Waals surface area contributed by atoms with Gasteiger partial charge in [-0.3, -0.25) is 0 Å². The lowest BCUT2D eigenvalue weighted by Crippen LogP contribution is -2.28. The standard InChI is InChI=1S/C14H17NOS2/c1-10(15)14(11-7-8-18-9-11)16-12-5-3-4-6-13(12)17-2/h3-10,14H,15H2,1-2H3. The van der Waals surface area contributed by atoms with E-state index in [0.717, 1.165) is 16.2 Å². The predicted octanol–water partition coefficient (Wildman–Crippen LogP) is 3.94. The summed E-state index contributed by atoms with van der Waals surface area (Å²) in [6.07, 6.45) is 1.96. The van der Waals surface area contributed by atoms with Crippen LogP contribution in [0.4, 0.5) is 0 Å². The molecule has 0 aliphatic carbocycles. The third kappa shape index (κ3) is 3.07. The van der Waals surface area contributed by atoms with Crippen LogP contribution in [0.5, 0.6) is 5.75 Å². The first-order chi connectivity index (χ1) is 8.72. The number of nitrogens with two attached hydrogens (primary N) is 1. The number of rotatable bonds is 5. The Bertz CT molecular complexity index is 482. The molecular formula is C14H17NOS2. The molecule has 1 aromatic heterocycles. The molecule has 18 heavy (non-hydrogen) atoms. The monoisotopic (exact) mass is 279 g/mol. The number of hydrogen-bond acceptors (Lipinski definition) is 4. The Hall–Kier alpha value is -0.970. The summed E-state index contributed by atoms with van der Waals surface area (Å²) in [7, 11) is 0. The Morgan fingerprint density at radius 1 is 1.28 bits per heavy atom. The fourth-order valence-electron chi connectivity index (χ4n) is 1.77. The second kappa shape index (κ2) is 6.27. The maximum absolute atomic E-state index is 6.10. The van der Waals surface area contributed by atoms with E-state index < -0.39 is 0 Å². The largest absolute Gasteiger partial charge is 0.483 e. The summed E-state index contributed by atoms with van der Waals surface area (Å²) in [6, 6.07) is 10.1. The van der Waals surface area contributed by atoms with E-state index in [9.17, 15) is 0 Å². The van der Waals surface area contributed by atoms with Crippen LogP contribution in [0.1, 0.15) is 18.6 Å². The van der Waals surface area contributed by atoms with Crippen molar-refractivity contribution < 1.29 is 4.74 Å². The molecule has 0 saturated carbocycles. The smallest absolute Gasteiger partial charge is 0.139 e. The van der Waals surface area contributed by atoms with Gasteiger partial charge in [-0.15, -0.1) is 11.8 Å². The highest BCUT2D eigenvalue weighted by atomic mass is 32.2. The molecule has 0 radical (unpaired) electrons. The lowest BCUT2D eigenvalue weighted by atomic mass is 10.1. The lowest BCUT2D eigenvalue weighted by Gasteiger charge is -2.23. The van der Waals surface area contributed by atoms with E-state index in [1.807, 2.05) is 31.4 Å². The molecule has 2 rings (SSSR count). The average Bonchev–Trinajstić information content (AvgIpc) is 2.89. The van der Waals surface area contributed by atoms with Crippen molar-refractivity contribution >= 4 is 23.1 Å². The highest BCUT2D eigenvalue weighted by Gasteiger charge is 2.19. The van der Waals surface area contributed by atoms with Crippen LogP contribution >= 0.6 is 23.1 Å². The minimum absolute atomic E-state index is 0.0467. The Labute approximate surface area is 116 Å². The van der Waals surface area contributed by atoms with Crippen molar-refractivity contribution in [3.05, 3.63) is 46.7 Å². The Balaban J connectivity index is 2.24. The van der Waals surface area contributed by atoms with Gasteiger partial charge in [0.1, 0.15) is 11.9 Å². The number of benzene rings is 1. The zero-order valence-corrected chi connectivity index (χ0v) is 12.1. The van der Waals surface area contributed by atoms with E-state index in [4.69, 9.17) is 10.5 Å². The second-order valence-electron chi connectivity index (χ2n) is 4.11. The maximum atomic E-state index is 6.10. The number of thioether (sulfide) groups is 1. The number of thiophene rings is 1. The van der Waals surface area contributed by atoms with Gasteiger partial charge < -0.3 is 10.5 Å². The van der Waals surface area contributed by atoms with Crippen LogP contribution < -0.4 is 10.5 Å². The molecule has 0 bridgehead atoms. The lowest BCUT2D eigenvalue weighted by molar-refractivity contribution is 0.176. The van der Waals surface area contributed by atoms with Crippen LogP contribution in [0.3, 0.4) is 0 Å². The van der Waals surface area contributed by atoms with Gasteiger partial charge in [-0.05, 0) is 42.1 Å².